The molecule has 0 atom stereocenters. The largest absolute Gasteiger partial charge is 0.328 e. The van der Waals surface area contributed by atoms with Crippen LogP contribution in [0.2, 0.25) is 0 Å². The smallest absolute Gasteiger partial charge is 0.0267 e. The maximum atomic E-state index is 5.94. The predicted octanol–water partition coefficient (Wildman–Crippen LogP) is 0.351. The van der Waals surface area contributed by atoms with Gasteiger partial charge in [0.25, 0.3) is 0 Å². The molecule has 0 amide bonds. The first-order chi connectivity index (χ1) is 7.66. The molecule has 0 aliphatic carbocycles. The molecule has 2 heterocycles. The highest BCUT2D eigenvalue weighted by atomic mass is 15.6. The topological polar surface area (TPSA) is 35.7 Å². The Hall–Kier alpha value is -0.160. The fourth-order valence-electron chi connectivity index (χ4n) is 2.80. The Morgan fingerprint density at radius 1 is 1.00 bits per heavy atom. The highest BCUT2D eigenvalue weighted by Crippen LogP contribution is 2.18. The molecule has 2 rings (SSSR count). The Bertz CT molecular complexity index is 183. The lowest BCUT2D eigenvalue weighted by molar-refractivity contribution is -0.0674. The van der Waals surface area contributed by atoms with Gasteiger partial charge >= 0.3 is 0 Å². The third-order valence-electron chi connectivity index (χ3n) is 4.18. The van der Waals surface area contributed by atoms with E-state index >= 15 is 0 Å². The van der Waals surface area contributed by atoms with Crippen LogP contribution in [0, 0.1) is 0 Å². The Morgan fingerprint density at radius 3 is 2.12 bits per heavy atom. The lowest BCUT2D eigenvalue weighted by Gasteiger charge is -2.43. The maximum Gasteiger partial charge on any atom is 0.0267 e. The molecule has 2 fully saturated rings. The summed E-state index contributed by atoms with van der Waals surface area (Å²) in [7, 11) is 4.48. The first-order valence-corrected chi connectivity index (χ1v) is 6.58. The molecule has 94 valence electrons. The summed E-state index contributed by atoms with van der Waals surface area (Å²) < 4.78 is 0. The molecule has 0 aromatic carbocycles. The van der Waals surface area contributed by atoms with E-state index in [1.54, 1.807) is 0 Å². The zero-order valence-corrected chi connectivity index (χ0v) is 10.7. The van der Waals surface area contributed by atoms with Crippen molar-refractivity contribution in [3.63, 3.8) is 0 Å². The van der Waals surface area contributed by atoms with Crippen LogP contribution in [0.4, 0.5) is 0 Å². The van der Waals surface area contributed by atoms with E-state index in [1.807, 2.05) is 0 Å². The Labute approximate surface area is 99.3 Å². The van der Waals surface area contributed by atoms with Crippen LogP contribution in [0.15, 0.2) is 0 Å². The number of nitrogens with two attached hydrogens (primary N) is 1. The van der Waals surface area contributed by atoms with Gasteiger partial charge in [0.15, 0.2) is 0 Å². The van der Waals surface area contributed by atoms with Crippen LogP contribution in [-0.2, 0) is 0 Å². The summed E-state index contributed by atoms with van der Waals surface area (Å²) >= 11 is 0. The predicted molar refractivity (Wildman–Crippen MR) is 67.1 cm³/mol. The number of hydrogen-bond acceptors (Lipinski definition) is 4. The van der Waals surface area contributed by atoms with Gasteiger partial charge in [-0.1, -0.05) is 0 Å². The highest BCUT2D eigenvalue weighted by Gasteiger charge is 2.26. The molecule has 2 aliphatic rings. The second-order valence-corrected chi connectivity index (χ2v) is 5.40. The molecule has 2 aliphatic heterocycles. The van der Waals surface area contributed by atoms with Crippen molar-refractivity contribution in [3.05, 3.63) is 0 Å². The van der Waals surface area contributed by atoms with E-state index in [2.05, 4.69) is 29.0 Å². The van der Waals surface area contributed by atoms with Crippen LogP contribution in [0.5, 0.6) is 0 Å². The van der Waals surface area contributed by atoms with Gasteiger partial charge in [0, 0.05) is 32.2 Å². The molecule has 4 nitrogen and oxygen atoms in total. The molecule has 4 heteroatoms. The van der Waals surface area contributed by atoms with Gasteiger partial charge in [0.05, 0.1) is 0 Å². The Morgan fingerprint density at radius 2 is 1.56 bits per heavy atom. The van der Waals surface area contributed by atoms with Crippen molar-refractivity contribution in [2.24, 2.45) is 5.73 Å². The van der Waals surface area contributed by atoms with Crippen LogP contribution in [-0.4, -0.2) is 67.3 Å². The van der Waals surface area contributed by atoms with Gasteiger partial charge in [0.2, 0.25) is 0 Å². The second-order valence-electron chi connectivity index (χ2n) is 5.40. The van der Waals surface area contributed by atoms with Crippen molar-refractivity contribution < 1.29 is 0 Å². The number of rotatable bonds is 2. The number of hydrogen-bond donors (Lipinski definition) is 1. The van der Waals surface area contributed by atoms with E-state index in [9.17, 15) is 0 Å². The average molecular weight is 226 g/mol. The summed E-state index contributed by atoms with van der Waals surface area (Å²) in [5, 5.41) is 4.98. The molecule has 2 N–H and O–H groups in total. The molecule has 0 spiro atoms. The van der Waals surface area contributed by atoms with Crippen molar-refractivity contribution in [2.45, 2.75) is 37.8 Å². The van der Waals surface area contributed by atoms with Crippen molar-refractivity contribution in [2.75, 3.05) is 40.3 Å². The van der Waals surface area contributed by atoms with E-state index in [0.29, 0.717) is 6.04 Å². The van der Waals surface area contributed by atoms with E-state index < -0.39 is 0 Å². The average Bonchev–Trinajstić information content (AvgIpc) is 2.30. The number of hydrazine groups is 1. The van der Waals surface area contributed by atoms with Crippen LogP contribution < -0.4 is 5.73 Å². The van der Waals surface area contributed by atoms with Gasteiger partial charge in [-0.05, 0) is 45.8 Å². The van der Waals surface area contributed by atoms with Crippen LogP contribution in [0.3, 0.4) is 0 Å². The summed E-state index contributed by atoms with van der Waals surface area (Å²) in [4.78, 5) is 2.43. The summed E-state index contributed by atoms with van der Waals surface area (Å²) in [6.45, 7) is 4.76. The molecule has 0 aromatic rings. The molecule has 16 heavy (non-hydrogen) atoms. The SMILES string of the molecule is CN1CCC(N(C)N2CCC(N)CC2)CC1. The molecule has 2 saturated heterocycles. The normalized spacial score (nSPS) is 27.8. The zero-order chi connectivity index (χ0) is 11.5. The van der Waals surface area contributed by atoms with Crippen LogP contribution in [0.1, 0.15) is 25.7 Å². The first-order valence-electron chi connectivity index (χ1n) is 6.58. The molecule has 0 saturated carbocycles. The maximum absolute atomic E-state index is 5.94. The molecular formula is C12H26N4. The third-order valence-corrected chi connectivity index (χ3v) is 4.18. The summed E-state index contributed by atoms with van der Waals surface area (Å²) in [5.41, 5.74) is 5.94. The zero-order valence-electron chi connectivity index (χ0n) is 10.7. The Balaban J connectivity index is 1.80. The van der Waals surface area contributed by atoms with Crippen LogP contribution in [0.25, 0.3) is 0 Å². The van der Waals surface area contributed by atoms with Gasteiger partial charge in [-0.3, -0.25) is 0 Å². The van der Waals surface area contributed by atoms with E-state index in [1.165, 1.54) is 25.9 Å². The van der Waals surface area contributed by atoms with Gasteiger partial charge in [-0.25, -0.2) is 10.0 Å². The summed E-state index contributed by atoms with van der Waals surface area (Å²) in [6, 6.07) is 1.17. The Kier molecular flexibility index (Phi) is 4.19. The molecular weight excluding hydrogens is 200 g/mol. The minimum Gasteiger partial charge on any atom is -0.328 e. The number of piperidine rings is 2. The first kappa shape index (κ1) is 12.3. The molecule has 0 bridgehead atoms. The van der Waals surface area contributed by atoms with Crippen molar-refractivity contribution in [3.8, 4) is 0 Å². The fourth-order valence-corrected chi connectivity index (χ4v) is 2.80. The van der Waals surface area contributed by atoms with E-state index in [0.717, 1.165) is 32.0 Å². The second kappa shape index (κ2) is 5.45. The highest BCUT2D eigenvalue weighted by molar-refractivity contribution is 4.79. The molecule has 0 aromatic heterocycles. The van der Waals surface area contributed by atoms with Gasteiger partial charge < -0.3 is 10.6 Å². The van der Waals surface area contributed by atoms with Crippen molar-refractivity contribution in [1.82, 2.24) is 14.9 Å². The minimum atomic E-state index is 0.433. The lowest BCUT2D eigenvalue weighted by Crippen LogP contribution is -2.53. The van der Waals surface area contributed by atoms with E-state index in [-0.39, 0.29) is 0 Å². The standard InChI is InChI=1S/C12H26N4/c1-14-7-5-12(6-8-14)15(2)16-9-3-11(13)4-10-16/h11-12H,3-10,13H2,1-2H3. The fraction of sp³-hybridized carbons (Fsp3) is 1.00. The molecule has 0 radical (unpaired) electrons. The minimum absolute atomic E-state index is 0.433. The van der Waals surface area contributed by atoms with Crippen molar-refractivity contribution in [1.29, 1.82) is 0 Å². The molecule has 0 unspecified atom stereocenters. The number of nitrogens with zero attached hydrogens (tertiary/aromatic N) is 3. The van der Waals surface area contributed by atoms with Crippen molar-refractivity contribution >= 4 is 0 Å². The van der Waals surface area contributed by atoms with E-state index in [4.69, 9.17) is 5.73 Å². The van der Waals surface area contributed by atoms with Gasteiger partial charge in [0.1, 0.15) is 0 Å². The van der Waals surface area contributed by atoms with Gasteiger partial charge in [-0.15, -0.1) is 0 Å². The summed E-state index contributed by atoms with van der Waals surface area (Å²) in [5.74, 6) is 0. The third kappa shape index (κ3) is 2.94. The number of likely N-dealkylation sites (tertiary alicyclic amines) is 1. The monoisotopic (exact) mass is 226 g/mol. The lowest BCUT2D eigenvalue weighted by atomic mass is 10.0. The summed E-state index contributed by atoms with van der Waals surface area (Å²) in [6.07, 6.45) is 4.90. The van der Waals surface area contributed by atoms with Gasteiger partial charge in [-0.2, -0.15) is 0 Å². The van der Waals surface area contributed by atoms with Crippen LogP contribution >= 0.6 is 0 Å². The quantitative estimate of drug-likeness (QED) is 0.737.